The highest BCUT2D eigenvalue weighted by Crippen LogP contribution is 2.22. The number of thiophene rings is 1. The average molecular weight is 305 g/mol. The maximum atomic E-state index is 12.5. The maximum Gasteiger partial charge on any atom is 0.263 e. The van der Waals surface area contributed by atoms with E-state index in [-0.39, 0.29) is 5.91 Å². The number of amides is 1. The van der Waals surface area contributed by atoms with Crippen molar-refractivity contribution in [2.45, 2.75) is 12.8 Å². The van der Waals surface area contributed by atoms with Crippen LogP contribution in [-0.2, 0) is 0 Å². The van der Waals surface area contributed by atoms with E-state index < -0.39 is 0 Å². The first-order valence-electron chi connectivity index (χ1n) is 7.33. The lowest BCUT2D eigenvalue weighted by Crippen LogP contribution is -2.40. The van der Waals surface area contributed by atoms with Crippen molar-refractivity contribution in [2.24, 2.45) is 11.7 Å². The first-order valence-corrected chi connectivity index (χ1v) is 8.14. The summed E-state index contributed by atoms with van der Waals surface area (Å²) in [7, 11) is 4.21. The highest BCUT2D eigenvalue weighted by Gasteiger charge is 2.24. The van der Waals surface area contributed by atoms with E-state index in [2.05, 4.69) is 30.8 Å². The maximum absolute atomic E-state index is 12.5. The number of carbonyl (C=O) groups is 1. The van der Waals surface area contributed by atoms with Gasteiger partial charge in [-0.15, -0.1) is 11.3 Å². The normalized spacial score (nSPS) is 15.9. The van der Waals surface area contributed by atoms with Crippen LogP contribution in [0.25, 0.3) is 0 Å². The molecule has 114 valence electrons. The van der Waals surface area contributed by atoms with Gasteiger partial charge in [-0.3, -0.25) is 4.79 Å². The molecular formula is C16H23N3OS. The van der Waals surface area contributed by atoms with E-state index in [0.29, 0.717) is 12.5 Å². The van der Waals surface area contributed by atoms with Crippen LogP contribution in [0.4, 0.5) is 0 Å². The van der Waals surface area contributed by atoms with Gasteiger partial charge in [0.2, 0.25) is 0 Å². The number of likely N-dealkylation sites (tertiary alicyclic amines) is 1. The third-order valence-electron chi connectivity index (χ3n) is 3.66. The molecule has 0 aliphatic carbocycles. The summed E-state index contributed by atoms with van der Waals surface area (Å²) in [6, 6.07) is 3.78. The van der Waals surface area contributed by atoms with E-state index in [1.54, 1.807) is 0 Å². The molecule has 0 saturated carbocycles. The molecule has 0 bridgehead atoms. The van der Waals surface area contributed by atoms with Gasteiger partial charge in [-0.25, -0.2) is 0 Å². The number of rotatable bonds is 3. The van der Waals surface area contributed by atoms with Crippen LogP contribution in [0.5, 0.6) is 0 Å². The van der Waals surface area contributed by atoms with Crippen LogP contribution in [0.2, 0.25) is 0 Å². The zero-order chi connectivity index (χ0) is 15.2. The molecule has 2 rings (SSSR count). The highest BCUT2D eigenvalue weighted by molar-refractivity contribution is 7.14. The molecule has 1 aromatic rings. The Labute approximate surface area is 130 Å². The molecule has 0 aromatic carbocycles. The standard InChI is InChI=1S/C16H23N3OS/c1-18(2)12-13-7-10-19(11-8-13)16(20)15-6-5-14(21-15)4-3-9-17/h5-6,13H,7-12,17H2,1-2H3. The lowest BCUT2D eigenvalue weighted by atomic mass is 9.96. The summed E-state index contributed by atoms with van der Waals surface area (Å²) in [6.45, 7) is 3.18. The molecule has 2 heterocycles. The second kappa shape index (κ2) is 7.60. The predicted molar refractivity (Wildman–Crippen MR) is 87.4 cm³/mol. The van der Waals surface area contributed by atoms with Gasteiger partial charge in [0.15, 0.2) is 0 Å². The summed E-state index contributed by atoms with van der Waals surface area (Å²) in [4.78, 5) is 18.4. The SMILES string of the molecule is CN(C)CC1CCN(C(=O)c2ccc(C#CCN)s2)CC1. The largest absolute Gasteiger partial charge is 0.338 e. The molecule has 5 heteroatoms. The Balaban J connectivity index is 1.91. The molecule has 1 aliphatic rings. The van der Waals surface area contributed by atoms with E-state index in [1.807, 2.05) is 17.0 Å². The summed E-state index contributed by atoms with van der Waals surface area (Å²) in [5.74, 6) is 6.65. The fraction of sp³-hybridized carbons (Fsp3) is 0.562. The lowest BCUT2D eigenvalue weighted by Gasteiger charge is -2.33. The molecule has 0 unspecified atom stereocenters. The third kappa shape index (κ3) is 4.57. The zero-order valence-electron chi connectivity index (χ0n) is 12.8. The van der Waals surface area contributed by atoms with Gasteiger partial charge in [-0.05, 0) is 45.0 Å². The minimum Gasteiger partial charge on any atom is -0.338 e. The monoisotopic (exact) mass is 305 g/mol. The smallest absolute Gasteiger partial charge is 0.263 e. The van der Waals surface area contributed by atoms with Gasteiger partial charge in [0.1, 0.15) is 0 Å². The van der Waals surface area contributed by atoms with Crippen molar-refractivity contribution in [3.05, 3.63) is 21.9 Å². The summed E-state index contributed by atoms with van der Waals surface area (Å²) >= 11 is 1.46. The van der Waals surface area contributed by atoms with Gasteiger partial charge in [-0.2, -0.15) is 0 Å². The Morgan fingerprint density at radius 3 is 2.76 bits per heavy atom. The summed E-state index contributed by atoms with van der Waals surface area (Å²) in [5.41, 5.74) is 5.36. The number of piperidine rings is 1. The Kier molecular flexibility index (Phi) is 5.80. The van der Waals surface area contributed by atoms with Crippen LogP contribution in [0.3, 0.4) is 0 Å². The van der Waals surface area contributed by atoms with Crippen LogP contribution in [0.15, 0.2) is 12.1 Å². The summed E-state index contributed by atoms with van der Waals surface area (Å²) in [6.07, 6.45) is 2.18. The molecule has 0 radical (unpaired) electrons. The van der Waals surface area contributed by atoms with Gasteiger partial charge in [0.25, 0.3) is 5.91 Å². The van der Waals surface area contributed by atoms with Crippen LogP contribution in [0, 0.1) is 17.8 Å². The quantitative estimate of drug-likeness (QED) is 0.861. The Morgan fingerprint density at radius 1 is 1.43 bits per heavy atom. The van der Waals surface area contributed by atoms with Crippen molar-refractivity contribution >= 4 is 17.2 Å². The summed E-state index contributed by atoms with van der Waals surface area (Å²) in [5, 5.41) is 0. The lowest BCUT2D eigenvalue weighted by molar-refractivity contribution is 0.0683. The topological polar surface area (TPSA) is 49.6 Å². The molecule has 4 nitrogen and oxygen atoms in total. The molecule has 1 fully saturated rings. The number of hydrogen-bond donors (Lipinski definition) is 1. The highest BCUT2D eigenvalue weighted by atomic mass is 32.1. The first-order chi connectivity index (χ1) is 10.1. The van der Waals surface area contributed by atoms with E-state index in [1.165, 1.54) is 11.3 Å². The van der Waals surface area contributed by atoms with E-state index in [0.717, 1.165) is 42.2 Å². The third-order valence-corrected chi connectivity index (χ3v) is 4.64. The molecule has 0 spiro atoms. The number of nitrogens with two attached hydrogens (primary N) is 1. The van der Waals surface area contributed by atoms with Crippen molar-refractivity contribution in [1.82, 2.24) is 9.80 Å². The Hall–Kier alpha value is -1.35. The Bertz CT molecular complexity index is 533. The number of carbonyl (C=O) groups excluding carboxylic acids is 1. The molecule has 2 N–H and O–H groups in total. The molecule has 21 heavy (non-hydrogen) atoms. The number of hydrogen-bond acceptors (Lipinski definition) is 4. The van der Waals surface area contributed by atoms with Crippen molar-refractivity contribution in [2.75, 3.05) is 40.3 Å². The van der Waals surface area contributed by atoms with E-state index >= 15 is 0 Å². The van der Waals surface area contributed by atoms with E-state index in [4.69, 9.17) is 5.73 Å². The second-order valence-corrected chi connectivity index (χ2v) is 6.75. The molecule has 1 aromatic heterocycles. The fourth-order valence-corrected chi connectivity index (χ4v) is 3.50. The Morgan fingerprint density at radius 2 is 2.14 bits per heavy atom. The van der Waals surface area contributed by atoms with Gasteiger partial charge in [-0.1, -0.05) is 11.8 Å². The molecular weight excluding hydrogens is 282 g/mol. The first kappa shape index (κ1) is 16.0. The minimum atomic E-state index is 0.143. The predicted octanol–water partition coefficient (Wildman–Crippen LogP) is 1.47. The fourth-order valence-electron chi connectivity index (χ4n) is 2.65. The van der Waals surface area contributed by atoms with Crippen LogP contribution < -0.4 is 5.73 Å². The second-order valence-electron chi connectivity index (χ2n) is 5.67. The van der Waals surface area contributed by atoms with Gasteiger partial charge >= 0.3 is 0 Å². The van der Waals surface area contributed by atoms with Crippen molar-refractivity contribution in [3.63, 3.8) is 0 Å². The van der Waals surface area contributed by atoms with Crippen molar-refractivity contribution in [3.8, 4) is 11.8 Å². The minimum absolute atomic E-state index is 0.143. The molecule has 1 amide bonds. The van der Waals surface area contributed by atoms with Gasteiger partial charge < -0.3 is 15.5 Å². The number of nitrogens with zero attached hydrogens (tertiary/aromatic N) is 2. The zero-order valence-corrected chi connectivity index (χ0v) is 13.6. The molecule has 1 aliphatic heterocycles. The van der Waals surface area contributed by atoms with Crippen molar-refractivity contribution < 1.29 is 4.79 Å². The van der Waals surface area contributed by atoms with E-state index in [9.17, 15) is 4.79 Å². The van der Waals surface area contributed by atoms with Crippen LogP contribution >= 0.6 is 11.3 Å². The van der Waals surface area contributed by atoms with Crippen LogP contribution in [-0.4, -0.2) is 56.0 Å². The van der Waals surface area contributed by atoms with Crippen LogP contribution in [0.1, 0.15) is 27.4 Å². The molecule has 1 saturated heterocycles. The van der Waals surface area contributed by atoms with Gasteiger partial charge in [0.05, 0.1) is 16.3 Å². The molecule has 0 atom stereocenters. The summed E-state index contributed by atoms with van der Waals surface area (Å²) < 4.78 is 0. The van der Waals surface area contributed by atoms with Gasteiger partial charge in [0, 0.05) is 19.6 Å². The average Bonchev–Trinajstić information content (AvgIpc) is 2.93. The van der Waals surface area contributed by atoms with Crippen molar-refractivity contribution in [1.29, 1.82) is 0 Å².